The molecule has 2 aliphatic rings. The summed E-state index contributed by atoms with van der Waals surface area (Å²) in [4.78, 5) is 46.2. The lowest BCUT2D eigenvalue weighted by atomic mass is 9.94. The lowest BCUT2D eigenvalue weighted by molar-refractivity contribution is -0.133. The molecule has 2 aliphatic heterocycles. The van der Waals surface area contributed by atoms with Crippen LogP contribution >= 0.6 is 11.3 Å². The summed E-state index contributed by atoms with van der Waals surface area (Å²) in [6.07, 6.45) is 0.750. The van der Waals surface area contributed by atoms with Crippen molar-refractivity contribution in [3.63, 3.8) is 0 Å². The van der Waals surface area contributed by atoms with Gasteiger partial charge < -0.3 is 24.8 Å². The van der Waals surface area contributed by atoms with Crippen molar-refractivity contribution in [3.8, 4) is 0 Å². The highest BCUT2D eigenvalue weighted by atomic mass is 32.1. The highest BCUT2D eigenvalue weighted by Gasteiger charge is 2.30. The van der Waals surface area contributed by atoms with Crippen LogP contribution in [0.25, 0.3) is 0 Å². The van der Waals surface area contributed by atoms with Gasteiger partial charge in [-0.25, -0.2) is 0 Å². The number of hydrogen-bond donors (Lipinski definition) is 1. The van der Waals surface area contributed by atoms with Gasteiger partial charge in [-0.1, -0.05) is 43.3 Å². The fourth-order valence-electron chi connectivity index (χ4n) is 5.22. The van der Waals surface area contributed by atoms with E-state index in [-0.39, 0.29) is 23.6 Å². The topological polar surface area (TPSA) is 82.2 Å². The molecule has 2 aromatic carbocycles. The molecule has 0 aliphatic carbocycles. The lowest BCUT2D eigenvalue weighted by Crippen LogP contribution is -2.50. The molecule has 39 heavy (non-hydrogen) atoms. The number of hydrogen-bond acceptors (Lipinski definition) is 6. The first-order valence-electron chi connectivity index (χ1n) is 13.5. The molecule has 5 rings (SSSR count). The van der Waals surface area contributed by atoms with Crippen LogP contribution < -0.4 is 10.2 Å². The fourth-order valence-corrected chi connectivity index (χ4v) is 5.84. The smallest absolute Gasteiger partial charge is 0.265 e. The van der Waals surface area contributed by atoms with Crippen molar-refractivity contribution in [2.45, 2.75) is 19.3 Å². The third-order valence-electron chi connectivity index (χ3n) is 7.37. The Hall–Kier alpha value is -3.69. The van der Waals surface area contributed by atoms with Gasteiger partial charge in [0.15, 0.2) is 0 Å². The van der Waals surface area contributed by atoms with Gasteiger partial charge in [-0.3, -0.25) is 14.4 Å². The third kappa shape index (κ3) is 6.15. The van der Waals surface area contributed by atoms with Gasteiger partial charge in [-0.15, -0.1) is 11.3 Å². The minimum atomic E-state index is -0.196. The normalized spacial score (nSPS) is 16.6. The summed E-state index contributed by atoms with van der Waals surface area (Å²) in [5, 5.41) is 4.79. The van der Waals surface area contributed by atoms with E-state index in [1.54, 1.807) is 17.0 Å². The summed E-state index contributed by atoms with van der Waals surface area (Å²) in [5.74, 6) is -0.269. The van der Waals surface area contributed by atoms with Crippen LogP contribution in [0.3, 0.4) is 0 Å². The molecule has 1 atom stereocenters. The van der Waals surface area contributed by atoms with Gasteiger partial charge in [0.25, 0.3) is 11.8 Å². The first kappa shape index (κ1) is 26.9. The number of carbonyl (C=O) groups is 3. The van der Waals surface area contributed by atoms with Crippen LogP contribution in [0, 0.1) is 0 Å². The van der Waals surface area contributed by atoms with Crippen LogP contribution in [-0.4, -0.2) is 80.0 Å². The molecule has 9 heteroatoms. The number of thiophene rings is 1. The van der Waals surface area contributed by atoms with Gasteiger partial charge >= 0.3 is 0 Å². The van der Waals surface area contributed by atoms with E-state index in [0.29, 0.717) is 68.6 Å². The largest absolute Gasteiger partial charge is 0.378 e. The molecule has 3 amide bonds. The Kier molecular flexibility index (Phi) is 8.58. The van der Waals surface area contributed by atoms with E-state index in [4.69, 9.17) is 4.74 Å². The van der Waals surface area contributed by atoms with Gasteiger partial charge in [0, 0.05) is 50.6 Å². The van der Waals surface area contributed by atoms with Gasteiger partial charge in [-0.2, -0.15) is 0 Å². The highest BCUT2D eigenvalue weighted by Crippen LogP contribution is 2.29. The van der Waals surface area contributed by atoms with Crippen molar-refractivity contribution in [2.24, 2.45) is 0 Å². The molecule has 0 spiro atoms. The summed E-state index contributed by atoms with van der Waals surface area (Å²) >= 11 is 1.37. The number of anilines is 2. The van der Waals surface area contributed by atoms with Crippen LogP contribution in [0.5, 0.6) is 0 Å². The van der Waals surface area contributed by atoms with Crippen LogP contribution in [0.1, 0.15) is 44.9 Å². The molecule has 0 unspecified atom stereocenters. The quantitative estimate of drug-likeness (QED) is 0.478. The van der Waals surface area contributed by atoms with Crippen molar-refractivity contribution in [3.05, 3.63) is 82.0 Å². The number of piperazine rings is 1. The minimum absolute atomic E-state index is 0.0749. The Balaban J connectivity index is 1.33. The summed E-state index contributed by atoms with van der Waals surface area (Å²) in [7, 11) is 0. The minimum Gasteiger partial charge on any atom is -0.378 e. The second-order valence-electron chi connectivity index (χ2n) is 9.75. The van der Waals surface area contributed by atoms with E-state index in [9.17, 15) is 14.4 Å². The summed E-state index contributed by atoms with van der Waals surface area (Å²) in [6.45, 7) is 6.56. The first-order chi connectivity index (χ1) is 19.0. The maximum Gasteiger partial charge on any atom is 0.265 e. The zero-order chi connectivity index (χ0) is 27.2. The maximum atomic E-state index is 13.7. The number of nitrogens with zero attached hydrogens (tertiary/aromatic N) is 3. The van der Waals surface area contributed by atoms with Crippen LogP contribution in [0.15, 0.2) is 66.0 Å². The first-order valence-corrected chi connectivity index (χ1v) is 14.4. The lowest BCUT2D eigenvalue weighted by Gasteiger charge is -2.38. The fraction of sp³-hybridized carbons (Fsp3) is 0.367. The Morgan fingerprint density at radius 2 is 1.64 bits per heavy atom. The molecule has 1 N–H and O–H groups in total. The van der Waals surface area contributed by atoms with E-state index in [1.165, 1.54) is 11.3 Å². The molecular formula is C30H34N4O4S. The number of carbonyl (C=O) groups excluding carboxylic acids is 3. The van der Waals surface area contributed by atoms with Gasteiger partial charge in [0.2, 0.25) is 5.91 Å². The Morgan fingerprint density at radius 3 is 2.31 bits per heavy atom. The maximum absolute atomic E-state index is 13.7. The van der Waals surface area contributed by atoms with E-state index >= 15 is 0 Å². The second kappa shape index (κ2) is 12.4. The summed E-state index contributed by atoms with van der Waals surface area (Å²) < 4.78 is 5.45. The van der Waals surface area contributed by atoms with Gasteiger partial charge in [0.1, 0.15) is 0 Å². The Bertz CT molecular complexity index is 1280. The van der Waals surface area contributed by atoms with Gasteiger partial charge in [-0.05, 0) is 41.6 Å². The molecule has 2 fully saturated rings. The molecule has 8 nitrogen and oxygen atoms in total. The number of ether oxygens (including phenoxy) is 1. The third-order valence-corrected chi connectivity index (χ3v) is 8.24. The molecule has 2 saturated heterocycles. The Labute approximate surface area is 233 Å². The predicted molar refractivity (Wildman–Crippen MR) is 154 cm³/mol. The molecule has 0 saturated carbocycles. The van der Waals surface area contributed by atoms with Crippen LogP contribution in [-0.2, 0) is 9.53 Å². The van der Waals surface area contributed by atoms with E-state index in [2.05, 4.69) is 10.2 Å². The predicted octanol–water partition coefficient (Wildman–Crippen LogP) is 4.32. The molecule has 204 valence electrons. The monoisotopic (exact) mass is 546 g/mol. The number of nitrogens with one attached hydrogen (secondary N) is 1. The molecular weight excluding hydrogens is 512 g/mol. The zero-order valence-corrected chi connectivity index (χ0v) is 23.0. The average Bonchev–Trinajstić information content (AvgIpc) is 3.54. The zero-order valence-electron chi connectivity index (χ0n) is 22.2. The van der Waals surface area contributed by atoms with Crippen LogP contribution in [0.2, 0.25) is 0 Å². The van der Waals surface area contributed by atoms with Crippen molar-refractivity contribution in [2.75, 3.05) is 62.7 Å². The van der Waals surface area contributed by atoms with Crippen LogP contribution in [0.4, 0.5) is 11.4 Å². The summed E-state index contributed by atoms with van der Waals surface area (Å²) in [5.41, 5.74) is 3.00. The molecule has 3 heterocycles. The number of morpholine rings is 1. The highest BCUT2D eigenvalue weighted by molar-refractivity contribution is 7.12. The number of amides is 3. The van der Waals surface area contributed by atoms with Crippen molar-refractivity contribution in [1.82, 2.24) is 9.80 Å². The Morgan fingerprint density at radius 1 is 0.897 bits per heavy atom. The van der Waals surface area contributed by atoms with Gasteiger partial charge in [0.05, 0.1) is 29.6 Å². The van der Waals surface area contributed by atoms with E-state index in [1.807, 2.05) is 65.7 Å². The molecule has 3 aromatic rings. The van der Waals surface area contributed by atoms with Crippen molar-refractivity contribution in [1.29, 1.82) is 0 Å². The summed E-state index contributed by atoms with van der Waals surface area (Å²) in [6, 6.07) is 19.1. The second-order valence-corrected chi connectivity index (χ2v) is 10.7. The molecule has 0 bridgehead atoms. The molecule has 0 radical (unpaired) electrons. The van der Waals surface area contributed by atoms with Crippen molar-refractivity contribution < 1.29 is 19.1 Å². The molecule has 1 aromatic heterocycles. The standard InChI is InChI=1S/C30H34N4O4S/c1-2-24(22-7-4-3-5-8-22)29(36)33-14-12-32(13-15-33)26-11-10-23(31-28(35)27-9-6-20-39-27)21-25(26)30(37)34-16-18-38-19-17-34/h3-11,20-21,24H,2,12-19H2,1H3,(H,31,35)/t24-/m0/s1. The average molecular weight is 547 g/mol. The van der Waals surface area contributed by atoms with E-state index in [0.717, 1.165) is 17.7 Å². The number of benzene rings is 2. The number of rotatable bonds is 7. The SMILES string of the molecule is CC[C@H](C(=O)N1CCN(c2ccc(NC(=O)c3cccs3)cc2C(=O)N2CCOCC2)CC1)c1ccccc1. The van der Waals surface area contributed by atoms with E-state index < -0.39 is 0 Å². The van der Waals surface area contributed by atoms with Crippen molar-refractivity contribution >= 4 is 40.4 Å².